The van der Waals surface area contributed by atoms with Crippen molar-refractivity contribution in [2.45, 2.75) is 12.0 Å². The van der Waals surface area contributed by atoms with Crippen LogP contribution in [0.5, 0.6) is 0 Å². The number of nitrogens with one attached hydrogen (secondary N) is 2. The predicted molar refractivity (Wildman–Crippen MR) is 64.4 cm³/mol. The highest BCUT2D eigenvalue weighted by Crippen LogP contribution is 2.19. The van der Waals surface area contributed by atoms with E-state index in [0.717, 1.165) is 0 Å². The fourth-order valence-electron chi connectivity index (χ4n) is 1.80. The maximum absolute atomic E-state index is 12.7. The molecule has 1 aliphatic rings. The van der Waals surface area contributed by atoms with E-state index in [0.29, 0.717) is 5.69 Å². The zero-order valence-corrected chi connectivity index (χ0v) is 9.98. The topological polar surface area (TPSA) is 87.7 Å². The molecule has 2 amide bonds. The summed E-state index contributed by atoms with van der Waals surface area (Å²) >= 11 is 0. The largest absolute Gasteiger partial charge is 0.479 e. The van der Waals surface area contributed by atoms with E-state index in [1.54, 1.807) is 0 Å². The molecule has 1 unspecified atom stereocenters. The molecule has 0 radical (unpaired) electrons. The Morgan fingerprint density at radius 1 is 1.32 bits per heavy atom. The van der Waals surface area contributed by atoms with E-state index in [4.69, 9.17) is 9.84 Å². The molecule has 1 aromatic rings. The Balaban J connectivity index is 2.00. The zero-order chi connectivity index (χ0) is 13.9. The van der Waals surface area contributed by atoms with Gasteiger partial charge in [-0.2, -0.15) is 0 Å². The van der Waals surface area contributed by atoms with Gasteiger partial charge < -0.3 is 20.5 Å². The summed E-state index contributed by atoms with van der Waals surface area (Å²) in [5, 5.41) is 14.0. The smallest absolute Gasteiger partial charge is 0.332 e. The molecule has 0 bridgehead atoms. The Hall–Kier alpha value is -2.15. The second-order valence-electron chi connectivity index (χ2n) is 4.28. The second-order valence-corrected chi connectivity index (χ2v) is 4.28. The second kappa shape index (κ2) is 5.23. The molecular formula is C12H13FN2O4. The van der Waals surface area contributed by atoms with Gasteiger partial charge in [0.05, 0.1) is 6.61 Å². The Morgan fingerprint density at radius 3 is 2.53 bits per heavy atom. The molecule has 19 heavy (non-hydrogen) atoms. The van der Waals surface area contributed by atoms with Crippen molar-refractivity contribution in [1.29, 1.82) is 0 Å². The molecule has 7 heteroatoms. The SMILES string of the molecule is O=C(Nc1ccc(F)cc1)NC1(C(=O)O)CCOC1. The third-order valence-electron chi connectivity index (χ3n) is 2.89. The number of urea groups is 1. The Morgan fingerprint density at radius 2 is 2.00 bits per heavy atom. The van der Waals surface area contributed by atoms with E-state index >= 15 is 0 Å². The summed E-state index contributed by atoms with van der Waals surface area (Å²) in [5.74, 6) is -1.56. The first-order valence-electron chi connectivity index (χ1n) is 5.68. The molecule has 0 aliphatic carbocycles. The first-order chi connectivity index (χ1) is 9.02. The number of benzene rings is 1. The summed E-state index contributed by atoms with van der Waals surface area (Å²) < 4.78 is 17.7. The summed E-state index contributed by atoms with van der Waals surface area (Å²) in [7, 11) is 0. The van der Waals surface area contributed by atoms with Crippen LogP contribution in [0.1, 0.15) is 6.42 Å². The van der Waals surface area contributed by atoms with Crippen LogP contribution in [0.25, 0.3) is 0 Å². The van der Waals surface area contributed by atoms with Gasteiger partial charge in [0.2, 0.25) is 0 Å². The number of rotatable bonds is 3. The molecule has 102 valence electrons. The normalized spacial score (nSPS) is 21.9. The van der Waals surface area contributed by atoms with Crippen LogP contribution in [-0.2, 0) is 9.53 Å². The van der Waals surface area contributed by atoms with Gasteiger partial charge in [-0.1, -0.05) is 0 Å². The maximum Gasteiger partial charge on any atom is 0.332 e. The third kappa shape index (κ3) is 3.00. The molecule has 1 heterocycles. The van der Waals surface area contributed by atoms with Crippen LogP contribution in [0.15, 0.2) is 24.3 Å². The Bertz CT molecular complexity index is 483. The third-order valence-corrected chi connectivity index (χ3v) is 2.89. The van der Waals surface area contributed by atoms with Gasteiger partial charge in [0, 0.05) is 18.7 Å². The highest BCUT2D eigenvalue weighted by Gasteiger charge is 2.44. The standard InChI is InChI=1S/C12H13FN2O4/c13-8-1-3-9(4-2-8)14-11(18)15-12(10(16)17)5-6-19-7-12/h1-4H,5-7H2,(H,16,17)(H2,14,15,18). The van der Waals surface area contributed by atoms with E-state index < -0.39 is 23.4 Å². The number of carboxylic acids is 1. The van der Waals surface area contributed by atoms with Gasteiger partial charge in [-0.3, -0.25) is 0 Å². The molecule has 1 fully saturated rings. The number of ether oxygens (including phenoxy) is 1. The first-order valence-corrected chi connectivity index (χ1v) is 5.68. The summed E-state index contributed by atoms with van der Waals surface area (Å²) in [6.45, 7) is 0.211. The van der Waals surface area contributed by atoms with Crippen molar-refractivity contribution in [2.75, 3.05) is 18.5 Å². The minimum absolute atomic E-state index is 0.0703. The fourth-order valence-corrected chi connectivity index (χ4v) is 1.80. The van der Waals surface area contributed by atoms with E-state index in [1.165, 1.54) is 24.3 Å². The summed E-state index contributed by atoms with van der Waals surface area (Å²) in [4.78, 5) is 22.9. The predicted octanol–water partition coefficient (Wildman–Crippen LogP) is 1.19. The number of halogens is 1. The zero-order valence-electron chi connectivity index (χ0n) is 9.98. The van der Waals surface area contributed by atoms with Crippen molar-refractivity contribution in [2.24, 2.45) is 0 Å². The van der Waals surface area contributed by atoms with Crippen LogP contribution >= 0.6 is 0 Å². The molecule has 1 aromatic carbocycles. The molecule has 1 saturated heterocycles. The van der Waals surface area contributed by atoms with Crippen LogP contribution in [-0.4, -0.2) is 35.9 Å². The van der Waals surface area contributed by atoms with Crippen LogP contribution in [0.4, 0.5) is 14.9 Å². The number of hydrogen-bond donors (Lipinski definition) is 3. The molecular weight excluding hydrogens is 255 g/mol. The number of carboxylic acid groups (broad SMARTS) is 1. The fraction of sp³-hybridized carbons (Fsp3) is 0.333. The lowest BCUT2D eigenvalue weighted by atomic mass is 9.99. The highest BCUT2D eigenvalue weighted by atomic mass is 19.1. The number of carbonyl (C=O) groups excluding carboxylic acids is 1. The lowest BCUT2D eigenvalue weighted by Crippen LogP contribution is -2.56. The van der Waals surface area contributed by atoms with Crippen molar-refractivity contribution in [3.8, 4) is 0 Å². The number of carbonyl (C=O) groups is 2. The average molecular weight is 268 g/mol. The monoisotopic (exact) mass is 268 g/mol. The average Bonchev–Trinajstić information content (AvgIpc) is 2.82. The number of aliphatic carboxylic acids is 1. The number of anilines is 1. The Labute approximate surface area is 108 Å². The highest BCUT2D eigenvalue weighted by molar-refractivity contribution is 5.94. The van der Waals surface area contributed by atoms with Crippen LogP contribution in [0, 0.1) is 5.82 Å². The van der Waals surface area contributed by atoms with E-state index in [-0.39, 0.29) is 19.6 Å². The van der Waals surface area contributed by atoms with Crippen molar-refractivity contribution in [3.05, 3.63) is 30.1 Å². The quantitative estimate of drug-likeness (QED) is 0.768. The van der Waals surface area contributed by atoms with Gasteiger partial charge >= 0.3 is 12.0 Å². The van der Waals surface area contributed by atoms with Crippen molar-refractivity contribution in [3.63, 3.8) is 0 Å². The van der Waals surface area contributed by atoms with Gasteiger partial charge in [-0.25, -0.2) is 14.0 Å². The molecule has 0 saturated carbocycles. The van der Waals surface area contributed by atoms with Crippen molar-refractivity contribution >= 4 is 17.7 Å². The minimum atomic E-state index is -1.40. The Kier molecular flexibility index (Phi) is 3.66. The van der Waals surface area contributed by atoms with E-state index in [9.17, 15) is 14.0 Å². The molecule has 3 N–H and O–H groups in total. The van der Waals surface area contributed by atoms with Gasteiger partial charge in [-0.15, -0.1) is 0 Å². The van der Waals surface area contributed by atoms with E-state index in [2.05, 4.69) is 10.6 Å². The molecule has 0 spiro atoms. The first kappa shape index (κ1) is 13.3. The molecule has 0 aromatic heterocycles. The lowest BCUT2D eigenvalue weighted by Gasteiger charge is -2.23. The molecule has 1 aliphatic heterocycles. The van der Waals surface area contributed by atoms with Crippen molar-refractivity contribution in [1.82, 2.24) is 5.32 Å². The maximum atomic E-state index is 12.7. The van der Waals surface area contributed by atoms with Crippen LogP contribution < -0.4 is 10.6 Å². The van der Waals surface area contributed by atoms with Gasteiger partial charge in [-0.05, 0) is 24.3 Å². The van der Waals surface area contributed by atoms with Gasteiger partial charge in [0.25, 0.3) is 0 Å². The summed E-state index contributed by atoms with van der Waals surface area (Å²) in [6.07, 6.45) is 0.208. The minimum Gasteiger partial charge on any atom is -0.479 e. The number of amides is 2. The van der Waals surface area contributed by atoms with Crippen LogP contribution in [0.3, 0.4) is 0 Å². The van der Waals surface area contributed by atoms with E-state index in [1.807, 2.05) is 0 Å². The summed E-state index contributed by atoms with van der Waals surface area (Å²) in [6, 6.07) is 4.49. The van der Waals surface area contributed by atoms with Crippen LogP contribution in [0.2, 0.25) is 0 Å². The van der Waals surface area contributed by atoms with Gasteiger partial charge in [0.15, 0.2) is 5.54 Å². The lowest BCUT2D eigenvalue weighted by molar-refractivity contribution is -0.144. The summed E-state index contributed by atoms with van der Waals surface area (Å²) in [5.41, 5.74) is -1.03. The molecule has 2 rings (SSSR count). The molecule has 1 atom stereocenters. The molecule has 6 nitrogen and oxygen atoms in total. The number of hydrogen-bond acceptors (Lipinski definition) is 3. The van der Waals surface area contributed by atoms with Gasteiger partial charge in [0.1, 0.15) is 5.82 Å². The van der Waals surface area contributed by atoms with Crippen molar-refractivity contribution < 1.29 is 23.8 Å².